The van der Waals surface area contributed by atoms with Crippen molar-refractivity contribution < 1.29 is 0 Å². The van der Waals surface area contributed by atoms with E-state index in [1.165, 1.54) is 0 Å². The Bertz CT molecular complexity index is 460. The molecule has 1 aromatic rings. The summed E-state index contributed by atoms with van der Waals surface area (Å²) in [6.45, 7) is 13.0. The average Bonchev–Trinajstić information content (AvgIpc) is 2.71. The van der Waals surface area contributed by atoms with Gasteiger partial charge in [-0.05, 0) is 25.9 Å². The van der Waals surface area contributed by atoms with Gasteiger partial charge in [-0.25, -0.2) is 9.97 Å². The van der Waals surface area contributed by atoms with E-state index in [2.05, 4.69) is 46.0 Å². The maximum Gasteiger partial charge on any atom is 0.227 e. The second-order valence-electron chi connectivity index (χ2n) is 6.88. The van der Waals surface area contributed by atoms with Crippen molar-refractivity contribution in [3.63, 3.8) is 0 Å². The number of hydrogen-bond donors (Lipinski definition) is 4. The van der Waals surface area contributed by atoms with E-state index >= 15 is 0 Å². The highest BCUT2D eigenvalue weighted by Gasteiger charge is 2.09. The molecule has 2 aliphatic rings. The molecule has 3 heterocycles. The van der Waals surface area contributed by atoms with Gasteiger partial charge in [-0.15, -0.1) is 0 Å². The predicted molar refractivity (Wildman–Crippen MR) is 105 cm³/mol. The van der Waals surface area contributed by atoms with E-state index in [0.29, 0.717) is 11.9 Å². The third kappa shape index (κ3) is 6.99. The quantitative estimate of drug-likeness (QED) is 0.402. The topological polar surface area (TPSA) is 93.3 Å². The molecule has 0 atom stereocenters. The van der Waals surface area contributed by atoms with Gasteiger partial charge in [0.25, 0.3) is 0 Å². The Labute approximate surface area is 156 Å². The highest BCUT2D eigenvalue weighted by atomic mass is 15.2. The van der Waals surface area contributed by atoms with E-state index < -0.39 is 0 Å². The number of hydrogen-bond acceptors (Lipinski definition) is 9. The molecule has 0 amide bonds. The van der Waals surface area contributed by atoms with Crippen LogP contribution in [0.15, 0.2) is 6.33 Å². The summed E-state index contributed by atoms with van der Waals surface area (Å²) in [7, 11) is 0. The Morgan fingerprint density at radius 2 is 1.23 bits per heavy atom. The summed E-state index contributed by atoms with van der Waals surface area (Å²) in [6.07, 6.45) is 3.77. The van der Waals surface area contributed by atoms with Crippen LogP contribution < -0.4 is 21.3 Å². The van der Waals surface area contributed by atoms with E-state index in [1.54, 1.807) is 6.33 Å². The fraction of sp³-hybridized carbons (Fsp3) is 0.824. The van der Waals surface area contributed by atoms with Gasteiger partial charge in [-0.2, -0.15) is 4.98 Å². The van der Waals surface area contributed by atoms with Crippen molar-refractivity contribution in [2.24, 2.45) is 0 Å². The Morgan fingerprint density at radius 3 is 1.69 bits per heavy atom. The molecule has 0 unspecified atom stereocenters. The number of rotatable bonds is 10. The van der Waals surface area contributed by atoms with Crippen LogP contribution in [0.2, 0.25) is 0 Å². The molecule has 0 radical (unpaired) electrons. The van der Waals surface area contributed by atoms with Crippen LogP contribution in [0.3, 0.4) is 0 Å². The summed E-state index contributed by atoms with van der Waals surface area (Å²) in [4.78, 5) is 17.9. The van der Waals surface area contributed by atoms with Crippen LogP contribution in [0, 0.1) is 0 Å². The molecule has 4 N–H and O–H groups in total. The van der Waals surface area contributed by atoms with Gasteiger partial charge in [0.1, 0.15) is 6.33 Å². The van der Waals surface area contributed by atoms with Gasteiger partial charge < -0.3 is 31.1 Å². The van der Waals surface area contributed by atoms with E-state index in [-0.39, 0.29) is 0 Å². The van der Waals surface area contributed by atoms with Crippen molar-refractivity contribution in [3.05, 3.63) is 6.33 Å². The summed E-state index contributed by atoms with van der Waals surface area (Å²) >= 11 is 0. The lowest BCUT2D eigenvalue weighted by Crippen LogP contribution is -2.44. The van der Waals surface area contributed by atoms with E-state index in [1.807, 2.05) is 0 Å². The third-order valence-electron chi connectivity index (χ3n) is 4.86. The van der Waals surface area contributed by atoms with Crippen molar-refractivity contribution in [1.29, 1.82) is 0 Å². The first-order chi connectivity index (χ1) is 12.9. The second-order valence-corrected chi connectivity index (χ2v) is 6.88. The fourth-order valence-corrected chi connectivity index (χ4v) is 3.34. The Balaban J connectivity index is 1.28. The first kappa shape index (κ1) is 19.2. The maximum atomic E-state index is 4.45. The maximum absolute atomic E-state index is 4.45. The third-order valence-corrected chi connectivity index (χ3v) is 4.86. The molecule has 2 fully saturated rings. The zero-order chi connectivity index (χ0) is 17.9. The van der Waals surface area contributed by atoms with Crippen LogP contribution in [0.4, 0.5) is 11.9 Å². The number of aromatic nitrogens is 3. The van der Waals surface area contributed by atoms with Crippen molar-refractivity contribution in [3.8, 4) is 0 Å². The fourth-order valence-electron chi connectivity index (χ4n) is 3.34. The summed E-state index contributed by atoms with van der Waals surface area (Å²) in [5.74, 6) is 1.31. The molecular formula is C17H33N9. The molecule has 26 heavy (non-hydrogen) atoms. The van der Waals surface area contributed by atoms with Crippen LogP contribution in [-0.2, 0) is 0 Å². The lowest BCUT2D eigenvalue weighted by Gasteiger charge is -2.27. The number of piperazine rings is 2. The van der Waals surface area contributed by atoms with Gasteiger partial charge in [0.2, 0.25) is 11.9 Å². The second kappa shape index (κ2) is 11.2. The lowest BCUT2D eigenvalue weighted by atomic mass is 10.3. The zero-order valence-electron chi connectivity index (χ0n) is 15.7. The Kier molecular flexibility index (Phi) is 8.30. The van der Waals surface area contributed by atoms with Crippen molar-refractivity contribution in [2.75, 3.05) is 89.2 Å². The van der Waals surface area contributed by atoms with Crippen LogP contribution in [0.1, 0.15) is 12.8 Å². The van der Waals surface area contributed by atoms with Crippen LogP contribution in [0.5, 0.6) is 0 Å². The van der Waals surface area contributed by atoms with Crippen LogP contribution >= 0.6 is 0 Å². The molecule has 2 aliphatic heterocycles. The first-order valence-electron chi connectivity index (χ1n) is 9.93. The summed E-state index contributed by atoms with van der Waals surface area (Å²) in [5.41, 5.74) is 0. The molecule has 0 spiro atoms. The Morgan fingerprint density at radius 1 is 0.769 bits per heavy atom. The normalized spacial score (nSPS) is 19.4. The Hall–Kier alpha value is -1.55. The van der Waals surface area contributed by atoms with E-state index in [4.69, 9.17) is 0 Å². The largest absolute Gasteiger partial charge is 0.354 e. The van der Waals surface area contributed by atoms with Crippen molar-refractivity contribution >= 4 is 11.9 Å². The summed E-state index contributed by atoms with van der Waals surface area (Å²) < 4.78 is 0. The highest BCUT2D eigenvalue weighted by molar-refractivity contribution is 5.32. The molecule has 2 saturated heterocycles. The number of anilines is 2. The standard InChI is InChI=1S/C17H33N9/c1(9-25-11-5-18-6-12-25)3-20-16-22-15-23-17(24-16)21-4-2-10-26-13-7-19-8-14-26/h15,18-19H,1-14H2,(H2,20,21,22,23,24). The molecule has 0 saturated carbocycles. The van der Waals surface area contributed by atoms with Gasteiger partial charge in [-0.3, -0.25) is 0 Å². The molecule has 0 aromatic carbocycles. The summed E-state index contributed by atoms with van der Waals surface area (Å²) in [5, 5.41) is 13.4. The number of nitrogens with one attached hydrogen (secondary N) is 4. The van der Waals surface area contributed by atoms with Gasteiger partial charge in [0.15, 0.2) is 0 Å². The lowest BCUT2D eigenvalue weighted by molar-refractivity contribution is 0.240. The minimum absolute atomic E-state index is 0.657. The number of nitrogens with zero attached hydrogens (tertiary/aromatic N) is 5. The molecule has 0 bridgehead atoms. The molecule has 1 aromatic heterocycles. The molecule has 146 valence electrons. The predicted octanol–water partition coefficient (Wildman–Crippen LogP) is -0.714. The van der Waals surface area contributed by atoms with Gasteiger partial charge in [-0.1, -0.05) is 0 Å². The van der Waals surface area contributed by atoms with Gasteiger partial charge >= 0.3 is 0 Å². The van der Waals surface area contributed by atoms with E-state index in [0.717, 1.165) is 91.4 Å². The highest BCUT2D eigenvalue weighted by Crippen LogP contribution is 2.03. The molecular weight excluding hydrogens is 330 g/mol. The van der Waals surface area contributed by atoms with Crippen molar-refractivity contribution in [1.82, 2.24) is 35.4 Å². The van der Waals surface area contributed by atoms with Gasteiger partial charge in [0.05, 0.1) is 0 Å². The zero-order valence-corrected chi connectivity index (χ0v) is 15.7. The smallest absolute Gasteiger partial charge is 0.227 e. The summed E-state index contributed by atoms with van der Waals surface area (Å²) in [6, 6.07) is 0. The SMILES string of the molecule is c1nc(NCCCN2CCNCC2)nc(NCCCN2CCNCC2)n1. The molecule has 3 rings (SSSR count). The molecule has 9 heteroatoms. The van der Waals surface area contributed by atoms with Crippen molar-refractivity contribution in [2.45, 2.75) is 12.8 Å². The minimum Gasteiger partial charge on any atom is -0.354 e. The minimum atomic E-state index is 0.657. The molecule has 9 nitrogen and oxygen atoms in total. The van der Waals surface area contributed by atoms with E-state index in [9.17, 15) is 0 Å². The van der Waals surface area contributed by atoms with Gasteiger partial charge in [0, 0.05) is 65.4 Å². The average molecular weight is 364 g/mol. The molecule has 0 aliphatic carbocycles. The monoisotopic (exact) mass is 363 g/mol. The first-order valence-corrected chi connectivity index (χ1v) is 9.93. The van der Waals surface area contributed by atoms with Crippen LogP contribution in [0.25, 0.3) is 0 Å². The van der Waals surface area contributed by atoms with Crippen LogP contribution in [-0.4, -0.2) is 103 Å².